The second-order valence-electron chi connectivity index (χ2n) is 7.39. The molecule has 1 fully saturated rings. The maximum atomic E-state index is 6.15. The van der Waals surface area contributed by atoms with Gasteiger partial charge in [0.1, 0.15) is 0 Å². The Kier molecular flexibility index (Phi) is 5.36. The van der Waals surface area contributed by atoms with Crippen LogP contribution >= 0.6 is 0 Å². The molecule has 1 aromatic carbocycles. The van der Waals surface area contributed by atoms with Gasteiger partial charge in [0.2, 0.25) is 0 Å². The van der Waals surface area contributed by atoms with Gasteiger partial charge in [-0.25, -0.2) is 0 Å². The highest BCUT2D eigenvalue weighted by Gasteiger charge is 2.34. The zero-order valence-corrected chi connectivity index (χ0v) is 15.2. The SMILES string of the molecule is CC(C)Cn1cc(CN2[C@H](C)CO[C@H](c3ccccc3)[C@@H]2C)cn1. The molecule has 2 aromatic rings. The predicted octanol–water partition coefficient (Wildman–Crippen LogP) is 3.89. The predicted molar refractivity (Wildman–Crippen MR) is 96.7 cm³/mol. The van der Waals surface area contributed by atoms with Crippen LogP contribution < -0.4 is 0 Å². The normalized spacial score (nSPS) is 25.3. The molecule has 0 N–H and O–H groups in total. The van der Waals surface area contributed by atoms with Crippen LogP contribution in [-0.2, 0) is 17.8 Å². The summed E-state index contributed by atoms with van der Waals surface area (Å²) in [7, 11) is 0. The van der Waals surface area contributed by atoms with Crippen LogP contribution in [0.3, 0.4) is 0 Å². The molecular weight excluding hydrogens is 298 g/mol. The molecule has 0 bridgehead atoms. The molecule has 3 rings (SSSR count). The van der Waals surface area contributed by atoms with E-state index in [9.17, 15) is 0 Å². The molecule has 1 aromatic heterocycles. The Bertz CT molecular complexity index is 637. The van der Waals surface area contributed by atoms with Gasteiger partial charge in [-0.15, -0.1) is 0 Å². The number of ether oxygens (including phenoxy) is 1. The monoisotopic (exact) mass is 327 g/mol. The molecule has 24 heavy (non-hydrogen) atoms. The van der Waals surface area contributed by atoms with Gasteiger partial charge in [-0.1, -0.05) is 44.2 Å². The minimum Gasteiger partial charge on any atom is -0.370 e. The Morgan fingerprint density at radius 2 is 1.96 bits per heavy atom. The van der Waals surface area contributed by atoms with Crippen molar-refractivity contribution >= 4 is 0 Å². The first kappa shape index (κ1) is 17.2. The van der Waals surface area contributed by atoms with Gasteiger partial charge in [0.25, 0.3) is 0 Å². The second-order valence-corrected chi connectivity index (χ2v) is 7.39. The summed E-state index contributed by atoms with van der Waals surface area (Å²) in [6.07, 6.45) is 4.33. The molecule has 130 valence electrons. The van der Waals surface area contributed by atoms with Crippen LogP contribution in [0.1, 0.15) is 44.9 Å². The Labute approximate surface area is 145 Å². The summed E-state index contributed by atoms with van der Waals surface area (Å²) < 4.78 is 8.21. The van der Waals surface area contributed by atoms with Gasteiger partial charge in [0.15, 0.2) is 0 Å². The Hall–Kier alpha value is -1.65. The van der Waals surface area contributed by atoms with E-state index in [4.69, 9.17) is 4.74 Å². The lowest BCUT2D eigenvalue weighted by molar-refractivity contribution is -0.0993. The number of rotatable bonds is 5. The summed E-state index contributed by atoms with van der Waals surface area (Å²) in [6.45, 7) is 11.6. The first-order valence-electron chi connectivity index (χ1n) is 8.98. The third-order valence-corrected chi connectivity index (χ3v) is 4.78. The molecule has 1 aliphatic heterocycles. The van der Waals surface area contributed by atoms with E-state index >= 15 is 0 Å². The molecule has 4 heteroatoms. The summed E-state index contributed by atoms with van der Waals surface area (Å²) in [6, 6.07) is 11.3. The number of morpholine rings is 1. The zero-order chi connectivity index (χ0) is 17.1. The summed E-state index contributed by atoms with van der Waals surface area (Å²) >= 11 is 0. The molecule has 1 aliphatic rings. The molecule has 2 heterocycles. The molecule has 4 nitrogen and oxygen atoms in total. The van der Waals surface area contributed by atoms with Crippen molar-refractivity contribution in [3.05, 3.63) is 53.9 Å². The van der Waals surface area contributed by atoms with Crippen LogP contribution in [0.2, 0.25) is 0 Å². The van der Waals surface area contributed by atoms with Gasteiger partial charge < -0.3 is 4.74 Å². The molecule has 0 aliphatic carbocycles. The van der Waals surface area contributed by atoms with Crippen molar-refractivity contribution in [1.29, 1.82) is 0 Å². The maximum absolute atomic E-state index is 6.15. The van der Waals surface area contributed by atoms with E-state index in [-0.39, 0.29) is 6.10 Å². The second kappa shape index (κ2) is 7.49. The Morgan fingerprint density at radius 3 is 2.67 bits per heavy atom. The van der Waals surface area contributed by atoms with Gasteiger partial charge in [-0.2, -0.15) is 5.10 Å². The molecule has 0 unspecified atom stereocenters. The minimum absolute atomic E-state index is 0.133. The summed E-state index contributed by atoms with van der Waals surface area (Å²) in [5.74, 6) is 0.612. The van der Waals surface area contributed by atoms with E-state index in [2.05, 4.69) is 78.9 Å². The van der Waals surface area contributed by atoms with Crippen LogP contribution in [0.5, 0.6) is 0 Å². The van der Waals surface area contributed by atoms with E-state index in [1.165, 1.54) is 11.1 Å². The van der Waals surface area contributed by atoms with Crippen molar-refractivity contribution in [1.82, 2.24) is 14.7 Å². The first-order valence-corrected chi connectivity index (χ1v) is 8.98. The van der Waals surface area contributed by atoms with Gasteiger partial charge in [-0.05, 0) is 25.3 Å². The lowest BCUT2D eigenvalue weighted by Gasteiger charge is -2.43. The van der Waals surface area contributed by atoms with Crippen molar-refractivity contribution in [2.75, 3.05) is 6.61 Å². The van der Waals surface area contributed by atoms with E-state index in [0.717, 1.165) is 19.7 Å². The number of benzene rings is 1. The third kappa shape index (κ3) is 3.87. The number of nitrogens with zero attached hydrogens (tertiary/aromatic N) is 3. The highest BCUT2D eigenvalue weighted by molar-refractivity contribution is 5.20. The van der Waals surface area contributed by atoms with Crippen LogP contribution in [0.25, 0.3) is 0 Å². The van der Waals surface area contributed by atoms with Crippen LogP contribution in [0.4, 0.5) is 0 Å². The molecule has 3 atom stereocenters. The van der Waals surface area contributed by atoms with Crippen molar-refractivity contribution in [2.45, 2.75) is 59.0 Å². The van der Waals surface area contributed by atoms with E-state index in [1.54, 1.807) is 0 Å². The van der Waals surface area contributed by atoms with Crippen LogP contribution in [-0.4, -0.2) is 33.4 Å². The van der Waals surface area contributed by atoms with E-state index in [0.29, 0.717) is 18.0 Å². The largest absolute Gasteiger partial charge is 0.370 e. The van der Waals surface area contributed by atoms with Crippen molar-refractivity contribution in [3.8, 4) is 0 Å². The Morgan fingerprint density at radius 1 is 1.21 bits per heavy atom. The fourth-order valence-corrected chi connectivity index (χ4v) is 3.54. The number of hydrogen-bond acceptors (Lipinski definition) is 3. The summed E-state index contributed by atoms with van der Waals surface area (Å²) in [5.41, 5.74) is 2.54. The number of aromatic nitrogens is 2. The third-order valence-electron chi connectivity index (χ3n) is 4.78. The highest BCUT2D eigenvalue weighted by atomic mass is 16.5. The quantitative estimate of drug-likeness (QED) is 0.834. The smallest absolute Gasteiger partial charge is 0.0978 e. The lowest BCUT2D eigenvalue weighted by atomic mass is 9.98. The van der Waals surface area contributed by atoms with Crippen LogP contribution in [0, 0.1) is 5.92 Å². The average Bonchev–Trinajstić information content (AvgIpc) is 2.98. The molecule has 1 saturated heterocycles. The minimum atomic E-state index is 0.133. The summed E-state index contributed by atoms with van der Waals surface area (Å²) in [5, 5.41) is 4.51. The molecule has 0 saturated carbocycles. The highest BCUT2D eigenvalue weighted by Crippen LogP contribution is 2.31. The molecule has 0 spiro atoms. The fraction of sp³-hybridized carbons (Fsp3) is 0.550. The van der Waals surface area contributed by atoms with Crippen molar-refractivity contribution in [3.63, 3.8) is 0 Å². The zero-order valence-electron chi connectivity index (χ0n) is 15.2. The van der Waals surface area contributed by atoms with E-state index in [1.807, 2.05) is 6.20 Å². The fourth-order valence-electron chi connectivity index (χ4n) is 3.54. The molecule has 0 radical (unpaired) electrons. The topological polar surface area (TPSA) is 30.3 Å². The number of hydrogen-bond donors (Lipinski definition) is 0. The van der Waals surface area contributed by atoms with Gasteiger partial charge in [0.05, 0.1) is 18.9 Å². The van der Waals surface area contributed by atoms with Crippen molar-refractivity contribution in [2.24, 2.45) is 5.92 Å². The molecule has 0 amide bonds. The lowest BCUT2D eigenvalue weighted by Crippen LogP contribution is -2.50. The average molecular weight is 327 g/mol. The van der Waals surface area contributed by atoms with Crippen molar-refractivity contribution < 1.29 is 4.74 Å². The maximum Gasteiger partial charge on any atom is 0.0978 e. The van der Waals surface area contributed by atoms with E-state index < -0.39 is 0 Å². The van der Waals surface area contributed by atoms with Gasteiger partial charge in [-0.3, -0.25) is 9.58 Å². The van der Waals surface area contributed by atoms with Gasteiger partial charge in [0, 0.05) is 36.9 Å². The molecular formula is C20H29N3O. The Balaban J connectivity index is 1.72. The van der Waals surface area contributed by atoms with Crippen LogP contribution in [0.15, 0.2) is 42.7 Å². The standard InChI is InChI=1S/C20H29N3O/c1-15(2)11-22-12-18(10-21-22)13-23-16(3)14-24-20(17(23)4)19-8-6-5-7-9-19/h5-10,12,15-17,20H,11,13-14H2,1-4H3/t16-,17+,20+/m1/s1. The summed E-state index contributed by atoms with van der Waals surface area (Å²) in [4.78, 5) is 2.54. The van der Waals surface area contributed by atoms with Gasteiger partial charge >= 0.3 is 0 Å². The first-order chi connectivity index (χ1) is 11.5.